The van der Waals surface area contributed by atoms with Crippen LogP contribution in [0.3, 0.4) is 0 Å². The van der Waals surface area contributed by atoms with Crippen molar-refractivity contribution in [2.45, 2.75) is 0 Å². The first-order chi connectivity index (χ1) is 11.2. The Kier molecular flexibility index (Phi) is 2.92. The summed E-state index contributed by atoms with van der Waals surface area (Å²) in [7, 11) is 1.51. The van der Waals surface area contributed by atoms with E-state index in [0.717, 1.165) is 15.8 Å². The summed E-state index contributed by atoms with van der Waals surface area (Å²) < 4.78 is 0. The number of nitrogens with zero attached hydrogens (tertiary/aromatic N) is 1. The number of hydrogen-bond donors (Lipinski definition) is 0. The van der Waals surface area contributed by atoms with Crippen molar-refractivity contribution in [2.24, 2.45) is 5.92 Å². The Hall–Kier alpha value is -3.12. The van der Waals surface area contributed by atoms with Crippen molar-refractivity contribution in [3.63, 3.8) is 0 Å². The Labute approximate surface area is 133 Å². The van der Waals surface area contributed by atoms with Crippen LogP contribution in [-0.2, 0) is 0 Å². The highest BCUT2D eigenvalue weighted by Crippen LogP contribution is 2.31. The minimum atomic E-state index is -0.264. The molecule has 0 fully saturated rings. The van der Waals surface area contributed by atoms with Gasteiger partial charge in [-0.2, -0.15) is 0 Å². The number of benzene rings is 2. The summed E-state index contributed by atoms with van der Waals surface area (Å²) in [6.45, 7) is 0. The Bertz CT molecular complexity index is 952. The molecule has 0 N–H and O–H groups in total. The van der Waals surface area contributed by atoms with Crippen LogP contribution in [0.15, 0.2) is 54.6 Å². The molecule has 3 heteroatoms. The molecular weight excluding hydrogens is 286 g/mol. The minimum Gasteiger partial charge on any atom is -0.277 e. The molecule has 2 aromatic carbocycles. The van der Waals surface area contributed by atoms with Crippen LogP contribution >= 0.6 is 0 Å². The van der Waals surface area contributed by atoms with Crippen molar-refractivity contribution in [3.8, 4) is 11.8 Å². The summed E-state index contributed by atoms with van der Waals surface area (Å²) in [4.78, 5) is 25.8. The third-order valence-electron chi connectivity index (χ3n) is 4.23. The van der Waals surface area contributed by atoms with Crippen molar-refractivity contribution in [2.75, 3.05) is 7.05 Å². The van der Waals surface area contributed by atoms with Crippen LogP contribution in [0.25, 0.3) is 10.8 Å². The molecule has 1 aliphatic carbocycles. The maximum absolute atomic E-state index is 12.3. The van der Waals surface area contributed by atoms with Gasteiger partial charge in [0.2, 0.25) is 0 Å². The molecular formula is C20H13NO2. The van der Waals surface area contributed by atoms with Crippen LogP contribution in [0, 0.1) is 17.8 Å². The van der Waals surface area contributed by atoms with Crippen molar-refractivity contribution >= 4 is 22.6 Å². The van der Waals surface area contributed by atoms with Crippen LogP contribution < -0.4 is 0 Å². The zero-order valence-corrected chi connectivity index (χ0v) is 12.5. The Morgan fingerprint density at radius 2 is 1.65 bits per heavy atom. The van der Waals surface area contributed by atoms with Crippen molar-refractivity contribution in [1.29, 1.82) is 0 Å². The Morgan fingerprint density at radius 3 is 2.39 bits per heavy atom. The molecule has 110 valence electrons. The molecule has 0 bridgehead atoms. The van der Waals surface area contributed by atoms with Crippen LogP contribution in [-0.4, -0.2) is 23.8 Å². The van der Waals surface area contributed by atoms with Gasteiger partial charge in [0, 0.05) is 29.1 Å². The Morgan fingerprint density at radius 1 is 0.957 bits per heavy atom. The molecule has 2 aromatic rings. The lowest BCUT2D eigenvalue weighted by Gasteiger charge is -2.24. The lowest BCUT2D eigenvalue weighted by molar-refractivity contribution is 0.0650. The van der Waals surface area contributed by atoms with Gasteiger partial charge in [-0.1, -0.05) is 48.3 Å². The second-order valence-corrected chi connectivity index (χ2v) is 5.62. The van der Waals surface area contributed by atoms with E-state index in [1.165, 1.54) is 7.05 Å². The van der Waals surface area contributed by atoms with Gasteiger partial charge in [-0.3, -0.25) is 14.5 Å². The topological polar surface area (TPSA) is 37.4 Å². The fourth-order valence-corrected chi connectivity index (χ4v) is 3.01. The lowest BCUT2D eigenvalue weighted by Crippen LogP contribution is -2.36. The predicted molar refractivity (Wildman–Crippen MR) is 89.0 cm³/mol. The molecule has 2 aliphatic rings. The average molecular weight is 299 g/mol. The molecule has 0 spiro atoms. The van der Waals surface area contributed by atoms with E-state index in [1.54, 1.807) is 12.1 Å². The molecule has 0 atom stereocenters. The summed E-state index contributed by atoms with van der Waals surface area (Å²) in [5, 5.41) is 1.57. The maximum Gasteiger partial charge on any atom is 0.261 e. The van der Waals surface area contributed by atoms with Crippen LogP contribution in [0.1, 0.15) is 26.3 Å². The quantitative estimate of drug-likeness (QED) is 0.553. The number of allylic oxidation sites excluding steroid dienone is 4. The second-order valence-electron chi connectivity index (χ2n) is 5.62. The highest BCUT2D eigenvalue weighted by Gasteiger charge is 2.30. The fourth-order valence-electron chi connectivity index (χ4n) is 3.01. The molecule has 0 aromatic heterocycles. The molecule has 1 heterocycles. The summed E-state index contributed by atoms with van der Waals surface area (Å²) in [5.41, 5.74) is 1.96. The first-order valence-electron chi connectivity index (χ1n) is 7.41. The Balaban J connectivity index is 1.95. The van der Waals surface area contributed by atoms with E-state index < -0.39 is 0 Å². The van der Waals surface area contributed by atoms with Gasteiger partial charge >= 0.3 is 0 Å². The number of imide groups is 1. The zero-order valence-electron chi connectivity index (χ0n) is 12.5. The van der Waals surface area contributed by atoms with Gasteiger partial charge in [-0.05, 0) is 23.6 Å². The largest absolute Gasteiger partial charge is 0.277 e. The molecule has 0 unspecified atom stereocenters. The monoisotopic (exact) mass is 299 g/mol. The zero-order chi connectivity index (χ0) is 16.0. The summed E-state index contributed by atoms with van der Waals surface area (Å²) in [6, 6.07) is 9.14. The minimum absolute atomic E-state index is 0.121. The van der Waals surface area contributed by atoms with Crippen LogP contribution in [0.5, 0.6) is 0 Å². The van der Waals surface area contributed by atoms with E-state index in [2.05, 4.69) is 11.8 Å². The van der Waals surface area contributed by atoms with E-state index in [9.17, 15) is 9.59 Å². The van der Waals surface area contributed by atoms with E-state index in [0.29, 0.717) is 16.5 Å². The normalized spacial score (nSPS) is 16.1. The van der Waals surface area contributed by atoms with Gasteiger partial charge in [-0.15, -0.1) is 0 Å². The van der Waals surface area contributed by atoms with E-state index >= 15 is 0 Å². The van der Waals surface area contributed by atoms with E-state index in [4.69, 9.17) is 0 Å². The summed E-state index contributed by atoms with van der Waals surface area (Å²) >= 11 is 0. The number of hydrogen-bond acceptors (Lipinski definition) is 2. The predicted octanol–water partition coefficient (Wildman–Crippen LogP) is 3.16. The molecule has 0 saturated carbocycles. The average Bonchev–Trinajstić information content (AvgIpc) is 3.09. The van der Waals surface area contributed by atoms with Gasteiger partial charge in [0.05, 0.1) is 5.92 Å². The van der Waals surface area contributed by atoms with Gasteiger partial charge in [0.15, 0.2) is 0 Å². The molecule has 0 saturated heterocycles. The lowest BCUT2D eigenvalue weighted by atomic mass is 9.91. The third-order valence-corrected chi connectivity index (χ3v) is 4.23. The standard InChI is InChI=1S/C20H13NO2/c1-21-19(22)16-8-4-7-15-14(10-9-13-5-2-3-6-13)11-12-17(18(15)16)20(21)23/h2-8,11-13H,1H3. The number of rotatable bonds is 0. The molecule has 23 heavy (non-hydrogen) atoms. The maximum atomic E-state index is 12.3. The first-order valence-corrected chi connectivity index (χ1v) is 7.41. The molecule has 2 amide bonds. The summed E-state index contributed by atoms with van der Waals surface area (Å²) in [6.07, 6.45) is 8.01. The third kappa shape index (κ3) is 2.00. The molecule has 4 rings (SSSR count). The van der Waals surface area contributed by atoms with E-state index in [1.807, 2.05) is 42.5 Å². The van der Waals surface area contributed by atoms with Gasteiger partial charge in [-0.25, -0.2) is 0 Å². The first kappa shape index (κ1) is 13.5. The van der Waals surface area contributed by atoms with Gasteiger partial charge in [0.25, 0.3) is 11.8 Å². The highest BCUT2D eigenvalue weighted by atomic mass is 16.2. The SMILES string of the molecule is CN1C(=O)c2cccc3c(C#CC4C=CC=C4)ccc(c23)C1=O. The van der Waals surface area contributed by atoms with Crippen molar-refractivity contribution in [3.05, 3.63) is 71.3 Å². The van der Waals surface area contributed by atoms with Crippen molar-refractivity contribution in [1.82, 2.24) is 4.90 Å². The second kappa shape index (κ2) is 4.96. The number of carbonyl (C=O) groups is 2. The number of amides is 2. The number of carbonyl (C=O) groups excluding carboxylic acids is 2. The highest BCUT2D eigenvalue weighted by molar-refractivity contribution is 6.25. The fraction of sp³-hybridized carbons (Fsp3) is 0.100. The molecule has 1 aliphatic heterocycles. The van der Waals surface area contributed by atoms with Gasteiger partial charge in [0.1, 0.15) is 0 Å². The van der Waals surface area contributed by atoms with Crippen molar-refractivity contribution < 1.29 is 9.59 Å². The molecule has 3 nitrogen and oxygen atoms in total. The van der Waals surface area contributed by atoms with Crippen LogP contribution in [0.2, 0.25) is 0 Å². The summed E-state index contributed by atoms with van der Waals surface area (Å²) in [5.74, 6) is 5.97. The molecule has 0 radical (unpaired) electrons. The van der Waals surface area contributed by atoms with Crippen LogP contribution in [0.4, 0.5) is 0 Å². The van der Waals surface area contributed by atoms with E-state index in [-0.39, 0.29) is 17.7 Å². The van der Waals surface area contributed by atoms with Gasteiger partial charge < -0.3 is 0 Å². The smallest absolute Gasteiger partial charge is 0.261 e.